The fourth-order valence-electron chi connectivity index (χ4n) is 4.37. The molecule has 0 spiro atoms. The van der Waals surface area contributed by atoms with E-state index in [2.05, 4.69) is 52.2 Å². The molecule has 176 valence electrons. The lowest BCUT2D eigenvalue weighted by atomic mass is 10.0. The number of nitrogens with one attached hydrogen (secondary N) is 1. The van der Waals surface area contributed by atoms with Gasteiger partial charge in [0.2, 0.25) is 0 Å². The normalized spacial score (nSPS) is 16.4. The summed E-state index contributed by atoms with van der Waals surface area (Å²) >= 11 is 0. The van der Waals surface area contributed by atoms with Crippen LogP contribution in [0.1, 0.15) is 51.3 Å². The second kappa shape index (κ2) is 9.17. The molecule has 0 bridgehead atoms. The molecule has 1 saturated heterocycles. The molecule has 3 aromatic rings. The first kappa shape index (κ1) is 23.3. The average molecular weight is 458 g/mol. The fourth-order valence-corrected chi connectivity index (χ4v) is 4.37. The summed E-state index contributed by atoms with van der Waals surface area (Å²) in [6.07, 6.45) is -1.27. The van der Waals surface area contributed by atoms with Crippen molar-refractivity contribution < 1.29 is 13.2 Å². The van der Waals surface area contributed by atoms with E-state index in [1.54, 1.807) is 13.1 Å². The molecule has 0 amide bonds. The van der Waals surface area contributed by atoms with Crippen molar-refractivity contribution >= 4 is 22.3 Å². The van der Waals surface area contributed by atoms with Gasteiger partial charge >= 0.3 is 0 Å². The molecule has 33 heavy (non-hydrogen) atoms. The minimum Gasteiger partial charge on any atom is -0.377 e. The van der Waals surface area contributed by atoms with Crippen LogP contribution in [0.4, 0.5) is 24.5 Å². The van der Waals surface area contributed by atoms with Gasteiger partial charge in [-0.2, -0.15) is 10.2 Å². The molecule has 1 aliphatic rings. The summed E-state index contributed by atoms with van der Waals surface area (Å²) in [5, 5.41) is 12.4. The second-order valence-electron chi connectivity index (χ2n) is 9.52. The van der Waals surface area contributed by atoms with Crippen LogP contribution in [0.25, 0.3) is 10.9 Å². The summed E-state index contributed by atoms with van der Waals surface area (Å²) in [4.78, 5) is 4.83. The Morgan fingerprint density at radius 2 is 1.70 bits per heavy atom. The zero-order chi connectivity index (χ0) is 23.8. The number of nitrogens with zero attached hydrogens (tertiary/aromatic N) is 4. The molecule has 2 heterocycles. The molecule has 1 atom stereocenters. The topological polar surface area (TPSA) is 44.3 Å². The summed E-state index contributed by atoms with van der Waals surface area (Å²) in [5.41, 5.74) is 2.24. The van der Waals surface area contributed by atoms with Gasteiger partial charge in [-0.25, -0.2) is 13.2 Å². The quantitative estimate of drug-likeness (QED) is 0.525. The van der Waals surface area contributed by atoms with Crippen LogP contribution in [0.15, 0.2) is 42.6 Å². The van der Waals surface area contributed by atoms with Crippen LogP contribution < -0.4 is 10.2 Å². The maximum absolute atomic E-state index is 14.7. The zero-order valence-electron chi connectivity index (χ0n) is 19.4. The van der Waals surface area contributed by atoms with Gasteiger partial charge in [-0.1, -0.05) is 18.2 Å². The Kier molecular flexibility index (Phi) is 6.47. The summed E-state index contributed by atoms with van der Waals surface area (Å²) in [6.45, 7) is 12.3. The summed E-state index contributed by atoms with van der Waals surface area (Å²) in [5.74, 6) is -0.878. The largest absolute Gasteiger partial charge is 0.377 e. The molecule has 1 N–H and O–H groups in total. The van der Waals surface area contributed by atoms with E-state index >= 15 is 0 Å². The van der Waals surface area contributed by atoms with Crippen LogP contribution in [0.5, 0.6) is 0 Å². The van der Waals surface area contributed by atoms with Gasteiger partial charge in [-0.15, -0.1) is 0 Å². The maximum atomic E-state index is 14.7. The molecule has 1 fully saturated rings. The van der Waals surface area contributed by atoms with Crippen molar-refractivity contribution in [3.63, 3.8) is 0 Å². The van der Waals surface area contributed by atoms with Crippen LogP contribution in [0.2, 0.25) is 0 Å². The van der Waals surface area contributed by atoms with E-state index in [9.17, 15) is 13.2 Å². The van der Waals surface area contributed by atoms with E-state index in [1.165, 1.54) is 12.1 Å². The molecular weight excluding hydrogens is 427 g/mol. The van der Waals surface area contributed by atoms with Crippen molar-refractivity contribution in [2.75, 3.05) is 36.4 Å². The second-order valence-corrected chi connectivity index (χ2v) is 9.52. The molecule has 2 aromatic carbocycles. The number of anilines is 2. The number of piperazine rings is 1. The Morgan fingerprint density at radius 1 is 1.00 bits per heavy atom. The highest BCUT2D eigenvalue weighted by molar-refractivity contribution is 5.93. The molecule has 0 unspecified atom stereocenters. The Bertz CT molecular complexity index is 1120. The van der Waals surface area contributed by atoms with Crippen LogP contribution in [0.3, 0.4) is 0 Å². The van der Waals surface area contributed by atoms with E-state index in [4.69, 9.17) is 0 Å². The Morgan fingerprint density at radius 3 is 2.36 bits per heavy atom. The number of hydrogen-bond acceptors (Lipinski definition) is 5. The van der Waals surface area contributed by atoms with Crippen molar-refractivity contribution in [2.24, 2.45) is 0 Å². The monoisotopic (exact) mass is 457 g/mol. The van der Waals surface area contributed by atoms with E-state index in [0.717, 1.165) is 43.3 Å². The van der Waals surface area contributed by atoms with Crippen LogP contribution >= 0.6 is 0 Å². The zero-order valence-corrected chi connectivity index (χ0v) is 19.4. The summed E-state index contributed by atoms with van der Waals surface area (Å²) in [6, 6.07) is 9.61. The minimum absolute atomic E-state index is 0.148. The Hall–Kier alpha value is -2.87. The van der Waals surface area contributed by atoms with Gasteiger partial charge in [0.1, 0.15) is 5.82 Å². The lowest BCUT2D eigenvalue weighted by Crippen LogP contribution is -2.53. The van der Waals surface area contributed by atoms with Gasteiger partial charge in [0, 0.05) is 48.4 Å². The molecule has 0 saturated carbocycles. The standard InChI is InChI=1S/C25H30F3N5/c1-16(18-6-5-7-19(23(18)26)24(27)28)30-22-15-29-31-21-9-8-17(14-20(21)22)32-10-12-33(13-11-32)25(2,3)4/h5-9,14-16,24H,10-13H2,1-4H3,(H,30,31)/t16-/m1/s1. The minimum atomic E-state index is -2.86. The number of hydrogen-bond donors (Lipinski definition) is 1. The van der Waals surface area contributed by atoms with Gasteiger partial charge in [0.25, 0.3) is 6.43 Å². The Balaban J connectivity index is 1.59. The number of aromatic nitrogens is 2. The van der Waals surface area contributed by atoms with Crippen molar-refractivity contribution in [1.29, 1.82) is 0 Å². The number of rotatable bonds is 5. The van der Waals surface area contributed by atoms with Crippen LogP contribution in [-0.2, 0) is 0 Å². The van der Waals surface area contributed by atoms with E-state index in [0.29, 0.717) is 11.2 Å². The van der Waals surface area contributed by atoms with Gasteiger partial charge in [-0.3, -0.25) is 4.90 Å². The highest BCUT2D eigenvalue weighted by Crippen LogP contribution is 2.32. The first-order chi connectivity index (χ1) is 15.6. The number of fused-ring (bicyclic) bond motifs is 1. The number of alkyl halides is 2. The lowest BCUT2D eigenvalue weighted by molar-refractivity contribution is 0.128. The van der Waals surface area contributed by atoms with Gasteiger partial charge in [-0.05, 0) is 45.9 Å². The molecule has 8 heteroatoms. The third kappa shape index (κ3) is 4.90. The number of halogens is 3. The van der Waals surface area contributed by atoms with Gasteiger partial charge in [0.05, 0.1) is 29.0 Å². The van der Waals surface area contributed by atoms with Crippen molar-refractivity contribution in [3.8, 4) is 0 Å². The predicted molar refractivity (Wildman–Crippen MR) is 126 cm³/mol. The van der Waals surface area contributed by atoms with Gasteiger partial charge in [0.15, 0.2) is 0 Å². The predicted octanol–water partition coefficient (Wildman–Crippen LogP) is 5.80. The highest BCUT2D eigenvalue weighted by Gasteiger charge is 2.26. The van der Waals surface area contributed by atoms with Crippen molar-refractivity contribution in [1.82, 2.24) is 15.1 Å². The van der Waals surface area contributed by atoms with Crippen LogP contribution in [-0.4, -0.2) is 46.8 Å². The average Bonchev–Trinajstić information content (AvgIpc) is 2.78. The smallest absolute Gasteiger partial charge is 0.266 e. The number of benzene rings is 2. The van der Waals surface area contributed by atoms with E-state index < -0.39 is 23.8 Å². The first-order valence-electron chi connectivity index (χ1n) is 11.2. The molecule has 0 radical (unpaired) electrons. The molecule has 0 aliphatic carbocycles. The highest BCUT2D eigenvalue weighted by atomic mass is 19.3. The maximum Gasteiger partial charge on any atom is 0.266 e. The van der Waals surface area contributed by atoms with Gasteiger partial charge < -0.3 is 10.2 Å². The van der Waals surface area contributed by atoms with E-state index in [1.807, 2.05) is 12.1 Å². The van der Waals surface area contributed by atoms with E-state index in [-0.39, 0.29) is 11.1 Å². The third-order valence-electron chi connectivity index (χ3n) is 6.35. The third-order valence-corrected chi connectivity index (χ3v) is 6.35. The van der Waals surface area contributed by atoms with Crippen molar-refractivity contribution in [3.05, 3.63) is 59.5 Å². The lowest BCUT2D eigenvalue weighted by Gasteiger charge is -2.43. The SMILES string of the molecule is C[C@@H](Nc1cnnc2ccc(N3CCN(C(C)(C)C)CC3)cc12)c1cccc(C(F)F)c1F. The molecule has 4 rings (SSSR count). The molecule has 1 aromatic heterocycles. The van der Waals surface area contributed by atoms with Crippen LogP contribution in [0, 0.1) is 5.82 Å². The molecule has 1 aliphatic heterocycles. The summed E-state index contributed by atoms with van der Waals surface area (Å²) in [7, 11) is 0. The molecule has 5 nitrogen and oxygen atoms in total. The fraction of sp³-hybridized carbons (Fsp3) is 0.440. The van der Waals surface area contributed by atoms with Crippen molar-refractivity contribution in [2.45, 2.75) is 45.7 Å². The molecular formula is C25H30F3N5. The first-order valence-corrected chi connectivity index (χ1v) is 11.2. The Labute approximate surface area is 192 Å². The summed E-state index contributed by atoms with van der Waals surface area (Å²) < 4.78 is 40.9.